The van der Waals surface area contributed by atoms with Gasteiger partial charge >= 0.3 is 23.9 Å². The van der Waals surface area contributed by atoms with Gasteiger partial charge in [-0.15, -0.1) is 0 Å². The summed E-state index contributed by atoms with van der Waals surface area (Å²) in [6.45, 7) is 1.59. The van der Waals surface area contributed by atoms with Crippen LogP contribution in [0.4, 0.5) is 0 Å². The molecule has 0 spiro atoms. The molecule has 12 nitrogen and oxygen atoms in total. The van der Waals surface area contributed by atoms with Crippen LogP contribution in [0.25, 0.3) is 0 Å². The minimum atomic E-state index is -1.53. The van der Waals surface area contributed by atoms with Gasteiger partial charge in [-0.1, -0.05) is 60.7 Å². The Morgan fingerprint density at radius 1 is 0.625 bits per heavy atom. The summed E-state index contributed by atoms with van der Waals surface area (Å²) in [5.74, 6) is -4.87. The summed E-state index contributed by atoms with van der Waals surface area (Å²) in [4.78, 5) is 59.8. The lowest BCUT2D eigenvalue weighted by atomic mass is 10.0. The van der Waals surface area contributed by atoms with Crippen molar-refractivity contribution in [1.82, 2.24) is 21.6 Å². The SMILES string of the molecule is O=C(OC(=O)[C@H]1CC[C@@H](NOCc2ccccc2)CN1)C(=O)OC(=O)[C@H]1CC[C@@H](NOCc2ccccc2)CN1. The third-order valence-electron chi connectivity index (χ3n) is 6.61. The number of piperidine rings is 2. The molecular formula is C28H34N4O8. The number of rotatable bonds is 10. The second-order valence-electron chi connectivity index (χ2n) is 9.67. The molecule has 2 saturated heterocycles. The molecule has 4 rings (SSSR count). The van der Waals surface area contributed by atoms with Crippen LogP contribution in [0.1, 0.15) is 36.8 Å². The first-order valence-electron chi connectivity index (χ1n) is 13.3. The highest BCUT2D eigenvalue weighted by Gasteiger charge is 2.34. The molecule has 2 heterocycles. The van der Waals surface area contributed by atoms with Crippen molar-refractivity contribution in [2.24, 2.45) is 0 Å². The predicted molar refractivity (Wildman–Crippen MR) is 141 cm³/mol. The van der Waals surface area contributed by atoms with E-state index in [1.807, 2.05) is 60.7 Å². The standard InChI is InChI=1S/C28H34N4O8/c33-25(23-13-11-21(15-29-23)31-37-17-19-7-3-1-4-8-19)39-27(35)28(36)40-26(34)24-14-12-22(16-30-24)32-38-18-20-9-5-2-6-10-20/h1-10,21-24,29-32H,11-18H2/t21-,22-,23-,24-/m1/s1. The Balaban J connectivity index is 1.08. The van der Waals surface area contributed by atoms with E-state index >= 15 is 0 Å². The van der Waals surface area contributed by atoms with Crippen LogP contribution in [0.5, 0.6) is 0 Å². The monoisotopic (exact) mass is 554 g/mol. The Labute approximate surface area is 232 Å². The van der Waals surface area contributed by atoms with Crippen molar-refractivity contribution in [2.45, 2.75) is 63.1 Å². The van der Waals surface area contributed by atoms with E-state index in [-0.39, 0.29) is 12.1 Å². The highest BCUT2D eigenvalue weighted by atomic mass is 16.7. The molecule has 0 radical (unpaired) electrons. The van der Waals surface area contributed by atoms with Gasteiger partial charge in [-0.05, 0) is 36.8 Å². The molecule has 2 aliphatic heterocycles. The Kier molecular flexibility index (Phi) is 11.3. The minimum absolute atomic E-state index is 0.0423. The van der Waals surface area contributed by atoms with Crippen LogP contribution in [0.2, 0.25) is 0 Å². The molecule has 0 amide bonds. The maximum absolute atomic E-state index is 12.3. The average molecular weight is 555 g/mol. The summed E-state index contributed by atoms with van der Waals surface area (Å²) in [5, 5.41) is 5.94. The second kappa shape index (κ2) is 15.3. The van der Waals surface area contributed by atoms with Gasteiger partial charge in [0.1, 0.15) is 12.1 Å². The highest BCUT2D eigenvalue weighted by Crippen LogP contribution is 2.13. The summed E-state index contributed by atoms with van der Waals surface area (Å²) < 4.78 is 9.29. The summed E-state index contributed by atoms with van der Waals surface area (Å²) in [6.07, 6.45) is 1.89. The first-order chi connectivity index (χ1) is 19.5. The molecule has 4 atom stereocenters. The van der Waals surface area contributed by atoms with Crippen molar-refractivity contribution in [1.29, 1.82) is 0 Å². The number of carbonyl (C=O) groups is 4. The van der Waals surface area contributed by atoms with Crippen LogP contribution >= 0.6 is 0 Å². The molecule has 2 aromatic rings. The summed E-state index contributed by atoms with van der Waals surface area (Å²) in [7, 11) is 0. The molecule has 12 heteroatoms. The quantitative estimate of drug-likeness (QED) is 0.142. The first-order valence-corrected chi connectivity index (χ1v) is 13.3. The maximum atomic E-state index is 12.3. The lowest BCUT2D eigenvalue weighted by molar-refractivity contribution is -0.179. The van der Waals surface area contributed by atoms with Crippen LogP contribution < -0.4 is 21.6 Å². The molecule has 40 heavy (non-hydrogen) atoms. The van der Waals surface area contributed by atoms with E-state index in [9.17, 15) is 19.2 Å². The Hall–Kier alpha value is -3.52. The van der Waals surface area contributed by atoms with Gasteiger partial charge in [0.05, 0.1) is 13.2 Å². The van der Waals surface area contributed by atoms with Gasteiger partial charge in [0.2, 0.25) is 0 Å². The molecule has 0 saturated carbocycles. The number of hydrogen-bond donors (Lipinski definition) is 4. The van der Waals surface area contributed by atoms with Gasteiger partial charge in [-0.3, -0.25) is 9.68 Å². The third-order valence-corrected chi connectivity index (χ3v) is 6.61. The Morgan fingerprint density at radius 3 is 1.38 bits per heavy atom. The minimum Gasteiger partial charge on any atom is -0.383 e. The number of benzene rings is 2. The van der Waals surface area contributed by atoms with E-state index in [0.717, 1.165) is 11.1 Å². The van der Waals surface area contributed by atoms with Crippen molar-refractivity contribution >= 4 is 23.9 Å². The van der Waals surface area contributed by atoms with Crippen LogP contribution in [0.3, 0.4) is 0 Å². The number of esters is 4. The molecular weight excluding hydrogens is 520 g/mol. The van der Waals surface area contributed by atoms with E-state index < -0.39 is 36.0 Å². The second-order valence-corrected chi connectivity index (χ2v) is 9.67. The Morgan fingerprint density at radius 2 is 1.02 bits per heavy atom. The van der Waals surface area contributed by atoms with E-state index in [4.69, 9.17) is 9.68 Å². The van der Waals surface area contributed by atoms with Gasteiger partial charge in [0, 0.05) is 25.2 Å². The van der Waals surface area contributed by atoms with Crippen molar-refractivity contribution in [3.8, 4) is 0 Å². The molecule has 2 fully saturated rings. The van der Waals surface area contributed by atoms with Gasteiger partial charge in [0.15, 0.2) is 0 Å². The molecule has 214 valence electrons. The van der Waals surface area contributed by atoms with Gasteiger partial charge in [-0.2, -0.15) is 11.0 Å². The van der Waals surface area contributed by atoms with Crippen molar-refractivity contribution in [3.05, 3.63) is 71.8 Å². The summed E-state index contributed by atoms with van der Waals surface area (Å²) in [5.41, 5.74) is 7.95. The molecule has 4 N–H and O–H groups in total. The number of carbonyl (C=O) groups excluding carboxylic acids is 4. The summed E-state index contributed by atoms with van der Waals surface area (Å²) in [6, 6.07) is 17.7. The Bertz CT molecular complexity index is 1030. The number of nitrogens with one attached hydrogen (secondary N) is 4. The highest BCUT2D eigenvalue weighted by molar-refractivity contribution is 6.33. The summed E-state index contributed by atoms with van der Waals surface area (Å²) >= 11 is 0. The fourth-order valence-corrected chi connectivity index (χ4v) is 4.36. The molecule has 0 aromatic heterocycles. The van der Waals surface area contributed by atoms with Crippen LogP contribution in [0, 0.1) is 0 Å². The largest absolute Gasteiger partial charge is 0.425 e. The van der Waals surface area contributed by atoms with Gasteiger partial charge in [-0.25, -0.2) is 19.2 Å². The van der Waals surface area contributed by atoms with Crippen LogP contribution in [-0.2, 0) is 51.5 Å². The third kappa shape index (κ3) is 9.30. The number of hydroxylamine groups is 2. The molecule has 2 aromatic carbocycles. The zero-order valence-electron chi connectivity index (χ0n) is 22.0. The maximum Gasteiger partial charge on any atom is 0.425 e. The van der Waals surface area contributed by atoms with E-state index in [0.29, 0.717) is 52.0 Å². The zero-order valence-corrected chi connectivity index (χ0v) is 22.0. The van der Waals surface area contributed by atoms with Gasteiger partial charge in [0.25, 0.3) is 0 Å². The number of ether oxygens (including phenoxy) is 2. The first kappa shape index (κ1) is 29.5. The zero-order chi connectivity index (χ0) is 28.2. The lowest BCUT2D eigenvalue weighted by Crippen LogP contribution is -2.52. The van der Waals surface area contributed by atoms with Crippen LogP contribution in [0.15, 0.2) is 60.7 Å². The topological polar surface area (TPSA) is 153 Å². The van der Waals surface area contributed by atoms with Crippen molar-refractivity contribution in [2.75, 3.05) is 13.1 Å². The van der Waals surface area contributed by atoms with Crippen molar-refractivity contribution in [3.63, 3.8) is 0 Å². The normalized spacial score (nSPS) is 22.7. The molecule has 2 aliphatic rings. The fourth-order valence-electron chi connectivity index (χ4n) is 4.36. The van der Waals surface area contributed by atoms with Gasteiger partial charge < -0.3 is 20.1 Å². The lowest BCUT2D eigenvalue weighted by Gasteiger charge is -2.29. The number of hydrogen-bond acceptors (Lipinski definition) is 12. The fraction of sp³-hybridized carbons (Fsp3) is 0.429. The van der Waals surface area contributed by atoms with Crippen molar-refractivity contribution < 1.29 is 38.3 Å². The smallest absolute Gasteiger partial charge is 0.383 e. The molecule has 0 bridgehead atoms. The molecule has 0 aliphatic carbocycles. The predicted octanol–water partition coefficient (Wildman–Crippen LogP) is 0.810. The van der Waals surface area contributed by atoms with E-state index in [1.54, 1.807) is 0 Å². The molecule has 0 unspecified atom stereocenters. The van der Waals surface area contributed by atoms with Crippen LogP contribution in [-0.4, -0.2) is 61.1 Å². The van der Waals surface area contributed by atoms with E-state index in [1.165, 1.54) is 0 Å². The van der Waals surface area contributed by atoms with E-state index in [2.05, 4.69) is 31.1 Å². The average Bonchev–Trinajstić information content (AvgIpc) is 2.99.